The van der Waals surface area contributed by atoms with Crippen molar-refractivity contribution < 1.29 is 19.1 Å². The van der Waals surface area contributed by atoms with E-state index in [-0.39, 0.29) is 25.0 Å². The molecule has 3 N–H and O–H groups in total. The fourth-order valence-corrected chi connectivity index (χ4v) is 4.78. The van der Waals surface area contributed by atoms with Gasteiger partial charge in [0, 0.05) is 46.9 Å². The summed E-state index contributed by atoms with van der Waals surface area (Å²) in [4.78, 5) is 46.7. The van der Waals surface area contributed by atoms with Crippen LogP contribution in [0.15, 0.2) is 24.3 Å². The van der Waals surface area contributed by atoms with Crippen LogP contribution in [0.4, 0.5) is 0 Å². The minimum atomic E-state index is -0.612. The number of aromatic nitrogens is 2. The summed E-state index contributed by atoms with van der Waals surface area (Å²) in [6.45, 7) is 1.97. The lowest BCUT2D eigenvalue weighted by molar-refractivity contribution is -0.129. The molecule has 3 aromatic rings. The Morgan fingerprint density at radius 2 is 2.22 bits per heavy atom. The second-order valence-corrected chi connectivity index (χ2v) is 9.12. The average molecular weight is 476 g/mol. The number of ether oxygens (including phenoxy) is 1. The Labute approximate surface area is 193 Å². The Morgan fingerprint density at radius 1 is 1.38 bits per heavy atom. The van der Waals surface area contributed by atoms with Gasteiger partial charge in [-0.2, -0.15) is 0 Å². The number of hydrogen-bond donors (Lipinski definition) is 3. The first-order valence-corrected chi connectivity index (χ1v) is 11.2. The molecule has 1 atom stereocenters. The zero-order valence-corrected chi connectivity index (χ0v) is 18.9. The lowest BCUT2D eigenvalue weighted by Gasteiger charge is -2.20. The standard InChI is InChI=1S/C21H22ClN5O4S/c1-27-5-4-16-18(9-27)32-21(26-16)20(30)24-14(10-31-11-28)8-23-19(29)17-7-12-6-13(22)2-3-15(12)25-17/h2-3,6-7,11,14,25H,4-5,8-10H2,1H3,(H,23,29)(H,24,30)/t14-/m0/s1. The Bertz CT molecular complexity index is 1160. The van der Waals surface area contributed by atoms with E-state index in [1.807, 2.05) is 7.05 Å². The van der Waals surface area contributed by atoms with E-state index in [1.54, 1.807) is 24.3 Å². The third-order valence-electron chi connectivity index (χ3n) is 5.15. The normalized spacial score (nSPS) is 14.6. The van der Waals surface area contributed by atoms with Gasteiger partial charge in [-0.25, -0.2) is 4.98 Å². The number of aromatic amines is 1. The van der Waals surface area contributed by atoms with Gasteiger partial charge in [-0.05, 0) is 31.3 Å². The summed E-state index contributed by atoms with van der Waals surface area (Å²) in [5.74, 6) is -0.712. The van der Waals surface area contributed by atoms with E-state index in [9.17, 15) is 14.4 Å². The Hall–Kier alpha value is -2.95. The highest BCUT2D eigenvalue weighted by Crippen LogP contribution is 2.24. The Balaban J connectivity index is 1.39. The van der Waals surface area contributed by atoms with Gasteiger partial charge in [0.15, 0.2) is 5.01 Å². The van der Waals surface area contributed by atoms with Crippen LogP contribution in [0.5, 0.6) is 0 Å². The number of carbonyl (C=O) groups excluding carboxylic acids is 3. The molecule has 32 heavy (non-hydrogen) atoms. The van der Waals surface area contributed by atoms with Crippen LogP contribution in [-0.4, -0.2) is 65.9 Å². The molecule has 1 aromatic carbocycles. The molecule has 9 nitrogen and oxygen atoms in total. The number of halogens is 1. The van der Waals surface area contributed by atoms with Gasteiger partial charge in [0.05, 0.1) is 11.7 Å². The van der Waals surface area contributed by atoms with Crippen molar-refractivity contribution in [2.24, 2.45) is 0 Å². The number of rotatable bonds is 8. The first kappa shape index (κ1) is 22.3. The van der Waals surface area contributed by atoms with E-state index in [0.29, 0.717) is 22.2 Å². The maximum Gasteiger partial charge on any atom is 0.293 e. The molecule has 0 bridgehead atoms. The molecule has 0 fully saturated rings. The van der Waals surface area contributed by atoms with Gasteiger partial charge in [0.2, 0.25) is 0 Å². The van der Waals surface area contributed by atoms with Crippen molar-refractivity contribution in [3.05, 3.63) is 50.6 Å². The summed E-state index contributed by atoms with van der Waals surface area (Å²) in [5, 5.41) is 7.31. The smallest absolute Gasteiger partial charge is 0.293 e. The molecule has 3 heterocycles. The van der Waals surface area contributed by atoms with Crippen LogP contribution < -0.4 is 10.6 Å². The second-order valence-electron chi connectivity index (χ2n) is 7.60. The zero-order chi connectivity index (χ0) is 22.7. The topological polar surface area (TPSA) is 116 Å². The number of fused-ring (bicyclic) bond motifs is 2. The highest BCUT2D eigenvalue weighted by atomic mass is 35.5. The monoisotopic (exact) mass is 475 g/mol. The summed E-state index contributed by atoms with van der Waals surface area (Å²) in [7, 11) is 2.03. The Morgan fingerprint density at radius 3 is 3.03 bits per heavy atom. The molecule has 0 unspecified atom stereocenters. The molecule has 0 radical (unpaired) electrons. The van der Waals surface area contributed by atoms with E-state index in [1.165, 1.54) is 11.3 Å². The Kier molecular flexibility index (Phi) is 6.73. The number of nitrogens with one attached hydrogen (secondary N) is 3. The molecule has 168 valence electrons. The van der Waals surface area contributed by atoms with Crippen LogP contribution in [0.3, 0.4) is 0 Å². The number of nitrogens with zero attached hydrogens (tertiary/aromatic N) is 2. The van der Waals surface area contributed by atoms with E-state index in [4.69, 9.17) is 16.3 Å². The summed E-state index contributed by atoms with van der Waals surface area (Å²) in [5.41, 5.74) is 2.10. The molecule has 0 aliphatic carbocycles. The quantitative estimate of drug-likeness (QED) is 0.429. The van der Waals surface area contributed by atoms with Crippen LogP contribution in [-0.2, 0) is 22.5 Å². The first-order chi connectivity index (χ1) is 15.4. The lowest BCUT2D eigenvalue weighted by Crippen LogP contribution is -2.46. The number of thiazole rings is 1. The van der Waals surface area contributed by atoms with Gasteiger partial charge in [0.1, 0.15) is 12.3 Å². The highest BCUT2D eigenvalue weighted by molar-refractivity contribution is 7.13. The molecule has 0 saturated heterocycles. The van der Waals surface area contributed by atoms with Crippen molar-refractivity contribution in [3.63, 3.8) is 0 Å². The number of H-pyrrole nitrogens is 1. The second kappa shape index (κ2) is 9.68. The van der Waals surface area contributed by atoms with Crippen LogP contribution in [0, 0.1) is 0 Å². The van der Waals surface area contributed by atoms with Crippen molar-refractivity contribution in [2.45, 2.75) is 19.0 Å². The average Bonchev–Trinajstić information content (AvgIpc) is 3.38. The van der Waals surface area contributed by atoms with Crippen molar-refractivity contribution in [1.82, 2.24) is 25.5 Å². The van der Waals surface area contributed by atoms with Crippen LogP contribution >= 0.6 is 22.9 Å². The van der Waals surface area contributed by atoms with Gasteiger partial charge >= 0.3 is 0 Å². The van der Waals surface area contributed by atoms with Gasteiger partial charge < -0.3 is 25.3 Å². The molecule has 2 aromatic heterocycles. The maximum absolute atomic E-state index is 12.7. The minimum absolute atomic E-state index is 0.0718. The summed E-state index contributed by atoms with van der Waals surface area (Å²) < 4.78 is 4.83. The number of amides is 2. The third-order valence-corrected chi connectivity index (χ3v) is 6.47. The number of hydrogen-bond acceptors (Lipinski definition) is 7. The lowest BCUT2D eigenvalue weighted by atomic mass is 10.2. The van der Waals surface area contributed by atoms with Crippen molar-refractivity contribution in [2.75, 3.05) is 26.7 Å². The molecule has 4 rings (SSSR count). The predicted molar refractivity (Wildman–Crippen MR) is 121 cm³/mol. The fraction of sp³-hybridized carbons (Fsp3) is 0.333. The number of likely N-dealkylation sites (N-methyl/N-ethyl adjacent to an activating group) is 1. The zero-order valence-electron chi connectivity index (χ0n) is 17.3. The van der Waals surface area contributed by atoms with E-state index in [2.05, 4.69) is 25.5 Å². The molecule has 1 aliphatic heterocycles. The predicted octanol–water partition coefficient (Wildman–Crippen LogP) is 1.97. The van der Waals surface area contributed by atoms with Crippen LogP contribution in [0.1, 0.15) is 30.9 Å². The van der Waals surface area contributed by atoms with E-state index < -0.39 is 6.04 Å². The highest BCUT2D eigenvalue weighted by Gasteiger charge is 2.23. The molecule has 1 aliphatic rings. The summed E-state index contributed by atoms with van der Waals surface area (Å²) in [6, 6.07) is 6.37. The van der Waals surface area contributed by atoms with E-state index >= 15 is 0 Å². The molecule has 0 spiro atoms. The number of benzene rings is 1. The van der Waals surface area contributed by atoms with Crippen molar-refractivity contribution >= 4 is 52.1 Å². The summed E-state index contributed by atoms with van der Waals surface area (Å²) in [6.07, 6.45) is 0.805. The maximum atomic E-state index is 12.7. The van der Waals surface area contributed by atoms with Crippen LogP contribution in [0.25, 0.3) is 10.9 Å². The van der Waals surface area contributed by atoms with Gasteiger partial charge in [-0.15, -0.1) is 11.3 Å². The van der Waals surface area contributed by atoms with Gasteiger partial charge in [-0.3, -0.25) is 14.4 Å². The molecule has 0 saturated carbocycles. The fourth-order valence-electron chi connectivity index (χ4n) is 3.51. The minimum Gasteiger partial charge on any atom is -0.466 e. The van der Waals surface area contributed by atoms with Gasteiger partial charge in [0.25, 0.3) is 18.3 Å². The van der Waals surface area contributed by atoms with Crippen molar-refractivity contribution in [1.29, 1.82) is 0 Å². The summed E-state index contributed by atoms with van der Waals surface area (Å²) >= 11 is 7.35. The molecular formula is C21H22ClN5O4S. The SMILES string of the molecule is CN1CCc2nc(C(=O)N[C@@H](CNC(=O)c3cc4cc(Cl)ccc4[nH]3)COC=O)sc2C1. The number of carbonyl (C=O) groups is 3. The molecule has 2 amide bonds. The largest absolute Gasteiger partial charge is 0.466 e. The molecular weight excluding hydrogens is 454 g/mol. The van der Waals surface area contributed by atoms with E-state index in [0.717, 1.165) is 41.0 Å². The van der Waals surface area contributed by atoms with Gasteiger partial charge in [-0.1, -0.05) is 11.6 Å². The van der Waals surface area contributed by atoms with Crippen LogP contribution in [0.2, 0.25) is 5.02 Å². The third kappa shape index (κ3) is 5.09. The van der Waals surface area contributed by atoms with Crippen molar-refractivity contribution in [3.8, 4) is 0 Å². The first-order valence-electron chi connectivity index (χ1n) is 10.0. The molecule has 11 heteroatoms.